The van der Waals surface area contributed by atoms with Gasteiger partial charge in [-0.1, -0.05) is 24.3 Å². The number of rotatable bonds is 5. The van der Waals surface area contributed by atoms with Crippen molar-refractivity contribution in [2.75, 3.05) is 18.1 Å². The van der Waals surface area contributed by atoms with Crippen LogP contribution in [-0.2, 0) is 6.42 Å². The van der Waals surface area contributed by atoms with E-state index in [9.17, 15) is 9.90 Å². The van der Waals surface area contributed by atoms with E-state index in [0.717, 1.165) is 6.29 Å². The molecule has 0 spiro atoms. The smallest absolute Gasteiger partial charge is 0.150 e. The van der Waals surface area contributed by atoms with Crippen LogP contribution in [0.15, 0.2) is 36.4 Å². The van der Waals surface area contributed by atoms with Gasteiger partial charge in [0.05, 0.1) is 12.7 Å². The summed E-state index contributed by atoms with van der Waals surface area (Å²) in [7, 11) is 0. The zero-order chi connectivity index (χ0) is 15.4. The molecule has 0 saturated carbocycles. The van der Waals surface area contributed by atoms with Crippen molar-refractivity contribution in [3.63, 3.8) is 0 Å². The van der Waals surface area contributed by atoms with E-state index in [-0.39, 0.29) is 13.0 Å². The van der Waals surface area contributed by atoms with Gasteiger partial charge in [-0.15, -0.1) is 0 Å². The summed E-state index contributed by atoms with van der Waals surface area (Å²) in [4.78, 5) is 11.2. The van der Waals surface area contributed by atoms with Crippen molar-refractivity contribution in [3.8, 4) is 11.1 Å². The average molecular weight is 286 g/mol. The SMILES string of the molecule is Nc1cc(N)c(CC(O)CO)c(-c2ccccc2C=O)c1. The predicted octanol–water partition coefficient (Wildman–Crippen LogP) is 1.23. The summed E-state index contributed by atoms with van der Waals surface area (Å²) in [6, 6.07) is 10.4. The van der Waals surface area contributed by atoms with Crippen LogP contribution in [0.5, 0.6) is 0 Å². The highest BCUT2D eigenvalue weighted by molar-refractivity contribution is 5.90. The van der Waals surface area contributed by atoms with Gasteiger partial charge in [-0.25, -0.2) is 0 Å². The Morgan fingerprint density at radius 1 is 1.14 bits per heavy atom. The van der Waals surface area contributed by atoms with Gasteiger partial charge in [0.25, 0.3) is 0 Å². The molecule has 0 heterocycles. The Morgan fingerprint density at radius 3 is 2.52 bits per heavy atom. The number of aliphatic hydroxyl groups excluding tert-OH is 2. The Bertz CT molecular complexity index is 656. The third-order valence-electron chi connectivity index (χ3n) is 3.34. The number of nitrogens with two attached hydrogens (primary N) is 2. The number of nitrogen functional groups attached to an aromatic ring is 2. The molecule has 0 amide bonds. The second-order valence-electron chi connectivity index (χ2n) is 4.88. The lowest BCUT2D eigenvalue weighted by Crippen LogP contribution is -2.17. The lowest BCUT2D eigenvalue weighted by Gasteiger charge is -2.17. The molecule has 0 aliphatic carbocycles. The van der Waals surface area contributed by atoms with Gasteiger partial charge >= 0.3 is 0 Å². The number of hydrogen-bond donors (Lipinski definition) is 4. The quantitative estimate of drug-likeness (QED) is 0.488. The third-order valence-corrected chi connectivity index (χ3v) is 3.34. The largest absolute Gasteiger partial charge is 0.399 e. The minimum Gasteiger partial charge on any atom is -0.399 e. The molecule has 6 N–H and O–H groups in total. The second kappa shape index (κ2) is 6.39. The lowest BCUT2D eigenvalue weighted by molar-refractivity contribution is 0.0957. The highest BCUT2D eigenvalue weighted by atomic mass is 16.3. The van der Waals surface area contributed by atoms with Crippen LogP contribution in [0, 0.1) is 0 Å². The summed E-state index contributed by atoms with van der Waals surface area (Å²) < 4.78 is 0. The van der Waals surface area contributed by atoms with Crippen molar-refractivity contribution in [3.05, 3.63) is 47.5 Å². The van der Waals surface area contributed by atoms with Crippen LogP contribution in [0.2, 0.25) is 0 Å². The summed E-state index contributed by atoms with van der Waals surface area (Å²) in [6.45, 7) is -0.363. The molecule has 1 atom stereocenters. The average Bonchev–Trinajstić information content (AvgIpc) is 2.49. The van der Waals surface area contributed by atoms with Crippen molar-refractivity contribution < 1.29 is 15.0 Å². The van der Waals surface area contributed by atoms with Gasteiger partial charge < -0.3 is 21.7 Å². The van der Waals surface area contributed by atoms with Gasteiger partial charge in [-0.05, 0) is 28.8 Å². The molecule has 110 valence electrons. The molecule has 1 unspecified atom stereocenters. The Morgan fingerprint density at radius 2 is 1.86 bits per heavy atom. The van der Waals surface area contributed by atoms with E-state index in [1.807, 2.05) is 6.07 Å². The van der Waals surface area contributed by atoms with E-state index in [0.29, 0.717) is 33.6 Å². The Hall–Kier alpha value is -2.37. The summed E-state index contributed by atoms with van der Waals surface area (Å²) >= 11 is 0. The maximum absolute atomic E-state index is 11.2. The molecule has 0 aliphatic heterocycles. The van der Waals surface area contributed by atoms with E-state index in [1.54, 1.807) is 30.3 Å². The van der Waals surface area contributed by atoms with E-state index >= 15 is 0 Å². The molecule has 0 aromatic heterocycles. The first kappa shape index (κ1) is 15.0. The molecule has 5 heteroatoms. The number of anilines is 2. The van der Waals surface area contributed by atoms with Crippen LogP contribution < -0.4 is 11.5 Å². The van der Waals surface area contributed by atoms with Crippen molar-refractivity contribution in [2.24, 2.45) is 0 Å². The van der Waals surface area contributed by atoms with Crippen LogP contribution >= 0.6 is 0 Å². The van der Waals surface area contributed by atoms with E-state index in [1.165, 1.54) is 0 Å². The van der Waals surface area contributed by atoms with Gasteiger partial charge in [0.15, 0.2) is 6.29 Å². The zero-order valence-electron chi connectivity index (χ0n) is 11.5. The second-order valence-corrected chi connectivity index (χ2v) is 4.88. The standard InChI is InChI=1S/C16H18N2O3/c17-11-5-14(13-4-2-1-3-10(13)8-19)15(16(18)6-11)7-12(21)9-20/h1-6,8,12,20-21H,7,9,17-18H2. The number of aldehydes is 1. The Kier molecular flexibility index (Phi) is 4.57. The van der Waals surface area contributed by atoms with Gasteiger partial charge in [0.1, 0.15) is 0 Å². The summed E-state index contributed by atoms with van der Waals surface area (Å²) in [6.07, 6.45) is 0.0320. The number of aliphatic hydroxyl groups is 2. The van der Waals surface area contributed by atoms with Crippen molar-refractivity contribution in [2.45, 2.75) is 12.5 Å². The molecule has 2 rings (SSSR count). The van der Waals surface area contributed by atoms with Crippen LogP contribution in [-0.4, -0.2) is 29.2 Å². The number of benzene rings is 2. The molecule has 0 fully saturated rings. The summed E-state index contributed by atoms with van der Waals surface area (Å²) in [5.41, 5.74) is 15.3. The fraction of sp³-hybridized carbons (Fsp3) is 0.188. The van der Waals surface area contributed by atoms with Crippen molar-refractivity contribution >= 4 is 17.7 Å². The molecular weight excluding hydrogens is 268 g/mol. The summed E-state index contributed by atoms with van der Waals surface area (Å²) in [5.74, 6) is 0. The molecule has 0 saturated heterocycles. The molecule has 0 aliphatic rings. The molecule has 21 heavy (non-hydrogen) atoms. The Labute approximate surface area is 122 Å². The van der Waals surface area contributed by atoms with Crippen LogP contribution in [0.25, 0.3) is 11.1 Å². The predicted molar refractivity (Wildman–Crippen MR) is 82.9 cm³/mol. The maximum Gasteiger partial charge on any atom is 0.150 e. The minimum absolute atomic E-state index is 0.186. The fourth-order valence-electron chi connectivity index (χ4n) is 2.33. The van der Waals surface area contributed by atoms with Crippen LogP contribution in [0.4, 0.5) is 11.4 Å². The van der Waals surface area contributed by atoms with Gasteiger partial charge in [-0.3, -0.25) is 4.79 Å². The number of carbonyl (C=O) groups excluding carboxylic acids is 1. The highest BCUT2D eigenvalue weighted by Gasteiger charge is 2.16. The monoisotopic (exact) mass is 286 g/mol. The first-order valence-electron chi connectivity index (χ1n) is 6.58. The third kappa shape index (κ3) is 3.21. The number of carbonyl (C=O) groups is 1. The molecular formula is C16H18N2O3. The first-order chi connectivity index (χ1) is 10.1. The lowest BCUT2D eigenvalue weighted by atomic mass is 9.91. The van der Waals surface area contributed by atoms with Crippen molar-refractivity contribution in [1.29, 1.82) is 0 Å². The van der Waals surface area contributed by atoms with Gasteiger partial charge in [0, 0.05) is 23.4 Å². The minimum atomic E-state index is -0.918. The zero-order valence-corrected chi connectivity index (χ0v) is 11.5. The number of hydrogen-bond acceptors (Lipinski definition) is 5. The molecule has 0 radical (unpaired) electrons. The normalized spacial score (nSPS) is 12.1. The van der Waals surface area contributed by atoms with Crippen molar-refractivity contribution in [1.82, 2.24) is 0 Å². The first-order valence-corrected chi connectivity index (χ1v) is 6.58. The van der Waals surface area contributed by atoms with E-state index in [4.69, 9.17) is 16.6 Å². The highest BCUT2D eigenvalue weighted by Crippen LogP contribution is 2.33. The van der Waals surface area contributed by atoms with Crippen LogP contribution in [0.1, 0.15) is 15.9 Å². The van der Waals surface area contributed by atoms with E-state index < -0.39 is 6.10 Å². The van der Waals surface area contributed by atoms with Gasteiger partial charge in [-0.2, -0.15) is 0 Å². The maximum atomic E-state index is 11.2. The summed E-state index contributed by atoms with van der Waals surface area (Å²) in [5, 5.41) is 18.7. The van der Waals surface area contributed by atoms with Crippen LogP contribution in [0.3, 0.4) is 0 Å². The Balaban J connectivity index is 2.63. The molecule has 2 aromatic rings. The van der Waals surface area contributed by atoms with E-state index in [2.05, 4.69) is 0 Å². The fourth-order valence-corrected chi connectivity index (χ4v) is 2.33. The molecule has 0 bridgehead atoms. The molecule has 2 aromatic carbocycles. The van der Waals surface area contributed by atoms with Gasteiger partial charge in [0.2, 0.25) is 0 Å². The topological polar surface area (TPSA) is 110 Å². The molecule has 5 nitrogen and oxygen atoms in total.